The zero-order chi connectivity index (χ0) is 13.4. The highest BCUT2D eigenvalue weighted by Crippen LogP contribution is 2.32. The predicted octanol–water partition coefficient (Wildman–Crippen LogP) is 0.747. The van der Waals surface area contributed by atoms with Gasteiger partial charge in [0.15, 0.2) is 9.84 Å². The van der Waals surface area contributed by atoms with Gasteiger partial charge in [-0.3, -0.25) is 9.69 Å². The van der Waals surface area contributed by atoms with Crippen LogP contribution in [-0.4, -0.2) is 54.5 Å². The van der Waals surface area contributed by atoms with E-state index in [1.165, 1.54) is 6.26 Å². The molecule has 1 aliphatic rings. The quantitative estimate of drug-likeness (QED) is 0.810. The minimum Gasteiger partial charge on any atom is -0.480 e. The Balaban J connectivity index is 2.97. The molecule has 2 atom stereocenters. The number of hydrogen-bond acceptors (Lipinski definition) is 4. The smallest absolute Gasteiger partial charge is 0.323 e. The second-order valence-electron chi connectivity index (χ2n) is 5.34. The first-order valence-corrected chi connectivity index (χ1v) is 7.69. The normalized spacial score (nSPS) is 26.4. The van der Waals surface area contributed by atoms with E-state index in [0.29, 0.717) is 6.42 Å². The molecule has 0 aromatic carbocycles. The molecule has 1 aliphatic carbocycles. The summed E-state index contributed by atoms with van der Waals surface area (Å²) < 4.78 is 23.3. The van der Waals surface area contributed by atoms with E-state index in [1.807, 2.05) is 0 Å². The number of likely N-dealkylation sites (N-methyl/N-ethyl adjacent to an activating group) is 1. The molecular formula is C11H21NO4S. The van der Waals surface area contributed by atoms with Gasteiger partial charge >= 0.3 is 5.97 Å². The largest absolute Gasteiger partial charge is 0.480 e. The van der Waals surface area contributed by atoms with Crippen molar-refractivity contribution in [3.8, 4) is 0 Å². The maximum Gasteiger partial charge on any atom is 0.323 e. The molecule has 100 valence electrons. The zero-order valence-corrected chi connectivity index (χ0v) is 11.6. The molecule has 17 heavy (non-hydrogen) atoms. The molecule has 0 amide bonds. The van der Waals surface area contributed by atoms with Gasteiger partial charge in [0.25, 0.3) is 0 Å². The van der Waals surface area contributed by atoms with Crippen LogP contribution in [0, 0.1) is 0 Å². The van der Waals surface area contributed by atoms with Crippen LogP contribution >= 0.6 is 0 Å². The minimum absolute atomic E-state index is 0.198. The number of nitrogens with zero attached hydrogens (tertiary/aromatic N) is 1. The molecule has 0 radical (unpaired) electrons. The van der Waals surface area contributed by atoms with Gasteiger partial charge in [0.1, 0.15) is 5.54 Å². The minimum atomic E-state index is -3.12. The lowest BCUT2D eigenvalue weighted by atomic mass is 10.0. The van der Waals surface area contributed by atoms with Crippen molar-refractivity contribution in [2.24, 2.45) is 0 Å². The summed E-state index contributed by atoms with van der Waals surface area (Å²) in [6.07, 6.45) is 3.44. The zero-order valence-electron chi connectivity index (χ0n) is 10.8. The summed E-state index contributed by atoms with van der Waals surface area (Å²) in [7, 11) is -1.42. The lowest BCUT2D eigenvalue weighted by Crippen LogP contribution is -2.55. The van der Waals surface area contributed by atoms with Crippen LogP contribution in [0.4, 0.5) is 0 Å². The number of carboxylic acids is 1. The van der Waals surface area contributed by atoms with Crippen LogP contribution in [0.15, 0.2) is 0 Å². The molecule has 0 aliphatic heterocycles. The highest BCUT2D eigenvalue weighted by Gasteiger charge is 2.44. The summed E-state index contributed by atoms with van der Waals surface area (Å²) in [5, 5.41) is 8.73. The van der Waals surface area contributed by atoms with Gasteiger partial charge in [-0.25, -0.2) is 8.42 Å². The van der Waals surface area contributed by atoms with Crippen LogP contribution in [0.3, 0.4) is 0 Å². The van der Waals surface area contributed by atoms with Gasteiger partial charge in [0, 0.05) is 12.3 Å². The topological polar surface area (TPSA) is 74.7 Å². The van der Waals surface area contributed by atoms with Gasteiger partial charge in [0.2, 0.25) is 0 Å². The summed E-state index contributed by atoms with van der Waals surface area (Å²) in [6.45, 7) is 3.21. The highest BCUT2D eigenvalue weighted by molar-refractivity contribution is 7.91. The second-order valence-corrected chi connectivity index (χ2v) is 7.61. The molecule has 0 bridgehead atoms. The average molecular weight is 263 g/mol. The number of carboxylic acid groups (broad SMARTS) is 1. The Kier molecular flexibility index (Phi) is 3.88. The van der Waals surface area contributed by atoms with Crippen molar-refractivity contribution in [3.05, 3.63) is 0 Å². The summed E-state index contributed by atoms with van der Waals surface area (Å²) in [4.78, 5) is 12.9. The van der Waals surface area contributed by atoms with Crippen LogP contribution in [0.1, 0.15) is 33.1 Å². The van der Waals surface area contributed by atoms with Crippen molar-refractivity contribution in [3.63, 3.8) is 0 Å². The molecule has 0 aromatic heterocycles. The molecule has 1 saturated carbocycles. The fourth-order valence-corrected chi connectivity index (χ4v) is 3.90. The predicted molar refractivity (Wildman–Crippen MR) is 65.7 cm³/mol. The first-order chi connectivity index (χ1) is 7.58. The van der Waals surface area contributed by atoms with E-state index in [0.717, 1.165) is 12.8 Å². The molecule has 2 unspecified atom stereocenters. The fourth-order valence-electron chi connectivity index (χ4n) is 2.41. The summed E-state index contributed by atoms with van der Waals surface area (Å²) in [5.74, 6) is -0.931. The lowest BCUT2D eigenvalue weighted by molar-refractivity contribution is -0.149. The average Bonchev–Trinajstić information content (AvgIpc) is 2.63. The Bertz CT molecular complexity index is 402. The number of hydrogen-bond donors (Lipinski definition) is 1. The number of aliphatic carboxylic acids is 1. The number of carbonyl (C=O) groups is 1. The Morgan fingerprint density at radius 3 is 2.29 bits per heavy atom. The first kappa shape index (κ1) is 14.4. The molecular weight excluding hydrogens is 242 g/mol. The monoisotopic (exact) mass is 263 g/mol. The summed E-state index contributed by atoms with van der Waals surface area (Å²) in [6, 6.07) is -0.198. The standard InChI is InChI=1S/C11H21NO4S/c1-11(2,10(13)14)12(3)8-6-5-7-9(8)17(4,15)16/h8-9H,5-7H2,1-4H3,(H,13,14). The molecule has 6 heteroatoms. The van der Waals surface area contributed by atoms with E-state index in [2.05, 4.69) is 0 Å². The van der Waals surface area contributed by atoms with Crippen molar-refractivity contribution in [2.45, 2.75) is 49.9 Å². The van der Waals surface area contributed by atoms with E-state index < -0.39 is 26.6 Å². The van der Waals surface area contributed by atoms with E-state index >= 15 is 0 Å². The van der Waals surface area contributed by atoms with Crippen molar-refractivity contribution in [1.29, 1.82) is 0 Å². The third-order valence-corrected chi connectivity index (χ3v) is 5.52. The third kappa shape index (κ3) is 2.80. The van der Waals surface area contributed by atoms with Gasteiger partial charge < -0.3 is 5.11 Å². The van der Waals surface area contributed by atoms with Crippen molar-refractivity contribution in [2.75, 3.05) is 13.3 Å². The Morgan fingerprint density at radius 1 is 1.35 bits per heavy atom. The van der Waals surface area contributed by atoms with Gasteiger partial charge in [-0.1, -0.05) is 6.42 Å². The lowest BCUT2D eigenvalue weighted by Gasteiger charge is -2.38. The van der Waals surface area contributed by atoms with E-state index in [4.69, 9.17) is 5.11 Å². The molecule has 0 saturated heterocycles. The molecule has 0 spiro atoms. The van der Waals surface area contributed by atoms with Crippen LogP contribution in [0.2, 0.25) is 0 Å². The fraction of sp³-hybridized carbons (Fsp3) is 0.909. The van der Waals surface area contributed by atoms with Crippen LogP contribution in [-0.2, 0) is 14.6 Å². The molecule has 0 aromatic rings. The van der Waals surface area contributed by atoms with Gasteiger partial charge in [-0.2, -0.15) is 0 Å². The van der Waals surface area contributed by atoms with E-state index in [1.54, 1.807) is 25.8 Å². The second kappa shape index (κ2) is 4.57. The highest BCUT2D eigenvalue weighted by atomic mass is 32.2. The molecule has 1 N–H and O–H groups in total. The maximum absolute atomic E-state index is 11.7. The summed E-state index contributed by atoms with van der Waals surface area (Å²) >= 11 is 0. The van der Waals surface area contributed by atoms with Crippen LogP contribution in [0.5, 0.6) is 0 Å². The molecule has 1 fully saturated rings. The van der Waals surface area contributed by atoms with Gasteiger partial charge in [0.05, 0.1) is 5.25 Å². The van der Waals surface area contributed by atoms with Crippen LogP contribution < -0.4 is 0 Å². The first-order valence-electron chi connectivity index (χ1n) is 5.73. The Labute approximate surface area is 103 Å². The Morgan fingerprint density at radius 2 is 1.88 bits per heavy atom. The van der Waals surface area contributed by atoms with Crippen molar-refractivity contribution >= 4 is 15.8 Å². The SMILES string of the molecule is CN(C1CCCC1S(C)(=O)=O)C(C)(C)C(=O)O. The number of rotatable bonds is 4. The third-order valence-electron chi connectivity index (χ3n) is 3.87. The molecule has 5 nitrogen and oxygen atoms in total. The van der Waals surface area contributed by atoms with E-state index in [-0.39, 0.29) is 6.04 Å². The molecule has 1 rings (SSSR count). The number of sulfone groups is 1. The van der Waals surface area contributed by atoms with E-state index in [9.17, 15) is 13.2 Å². The van der Waals surface area contributed by atoms with Gasteiger partial charge in [-0.15, -0.1) is 0 Å². The Hall–Kier alpha value is -0.620. The van der Waals surface area contributed by atoms with Crippen LogP contribution in [0.25, 0.3) is 0 Å². The van der Waals surface area contributed by atoms with Crippen molar-refractivity contribution < 1.29 is 18.3 Å². The molecule has 0 heterocycles. The summed E-state index contributed by atoms with van der Waals surface area (Å²) in [5.41, 5.74) is -1.04. The maximum atomic E-state index is 11.7. The van der Waals surface area contributed by atoms with Gasteiger partial charge in [-0.05, 0) is 33.7 Å². The van der Waals surface area contributed by atoms with Crippen molar-refractivity contribution in [1.82, 2.24) is 4.90 Å².